The van der Waals surface area contributed by atoms with Crippen LogP contribution in [0.4, 0.5) is 5.82 Å². The lowest BCUT2D eigenvalue weighted by molar-refractivity contribution is 0.0594. The SMILES string of the molecule is O=C(c1ccc(NC[C@H]2CCCO2)nc1)N1CCC(Oc2cccnc2)CC1. The van der Waals surface area contributed by atoms with Gasteiger partial charge in [-0.25, -0.2) is 4.98 Å². The summed E-state index contributed by atoms with van der Waals surface area (Å²) >= 11 is 0. The topological polar surface area (TPSA) is 76.6 Å². The van der Waals surface area contributed by atoms with Crippen LogP contribution >= 0.6 is 0 Å². The normalized spacial score (nSPS) is 20.1. The van der Waals surface area contributed by atoms with E-state index in [4.69, 9.17) is 9.47 Å². The van der Waals surface area contributed by atoms with E-state index in [0.717, 1.165) is 50.4 Å². The standard InChI is InChI=1S/C21H26N4O3/c26-21(16-5-6-20(23-13-16)24-15-18-4-2-12-27-18)25-10-7-17(8-11-25)28-19-3-1-9-22-14-19/h1,3,5-6,9,13-14,17-18H,2,4,7-8,10-12,15H2,(H,23,24)/t18-/m1/s1. The number of likely N-dealkylation sites (tertiary alicyclic amines) is 1. The Morgan fingerprint density at radius 2 is 2.11 bits per heavy atom. The minimum atomic E-state index is 0.0259. The number of pyridine rings is 2. The van der Waals surface area contributed by atoms with E-state index in [1.165, 1.54) is 0 Å². The molecule has 4 rings (SSSR count). The van der Waals surface area contributed by atoms with Crippen LogP contribution in [0.1, 0.15) is 36.0 Å². The molecule has 0 unspecified atom stereocenters. The molecule has 2 aliphatic heterocycles. The monoisotopic (exact) mass is 382 g/mol. The summed E-state index contributed by atoms with van der Waals surface area (Å²) in [5.41, 5.74) is 0.620. The maximum Gasteiger partial charge on any atom is 0.255 e. The Morgan fingerprint density at radius 1 is 1.21 bits per heavy atom. The molecule has 0 bridgehead atoms. The lowest BCUT2D eigenvalue weighted by atomic mass is 10.1. The Hall–Kier alpha value is -2.67. The van der Waals surface area contributed by atoms with Gasteiger partial charge in [0.25, 0.3) is 5.91 Å². The summed E-state index contributed by atoms with van der Waals surface area (Å²) in [5.74, 6) is 1.58. The van der Waals surface area contributed by atoms with E-state index in [-0.39, 0.29) is 18.1 Å². The molecule has 2 saturated heterocycles. The number of carbonyl (C=O) groups is 1. The number of nitrogens with zero attached hydrogens (tertiary/aromatic N) is 3. The fourth-order valence-corrected chi connectivity index (χ4v) is 3.62. The number of rotatable bonds is 6. The highest BCUT2D eigenvalue weighted by atomic mass is 16.5. The largest absolute Gasteiger partial charge is 0.489 e. The molecule has 0 aromatic carbocycles. The van der Waals surface area contributed by atoms with Crippen molar-refractivity contribution < 1.29 is 14.3 Å². The van der Waals surface area contributed by atoms with Crippen molar-refractivity contribution >= 4 is 11.7 Å². The van der Waals surface area contributed by atoms with Gasteiger partial charge in [0.2, 0.25) is 0 Å². The number of aromatic nitrogens is 2. The summed E-state index contributed by atoms with van der Waals surface area (Å²) in [6.45, 7) is 2.97. The van der Waals surface area contributed by atoms with Gasteiger partial charge in [-0.15, -0.1) is 0 Å². The second-order valence-corrected chi connectivity index (χ2v) is 7.25. The number of piperidine rings is 1. The van der Waals surface area contributed by atoms with Crippen LogP contribution in [-0.4, -0.2) is 59.2 Å². The molecule has 2 aromatic heterocycles. The lowest BCUT2D eigenvalue weighted by Gasteiger charge is -2.32. The zero-order valence-corrected chi connectivity index (χ0v) is 15.9. The van der Waals surface area contributed by atoms with Crippen molar-refractivity contribution in [3.05, 3.63) is 48.4 Å². The number of amides is 1. The van der Waals surface area contributed by atoms with Crippen molar-refractivity contribution in [2.75, 3.05) is 31.6 Å². The van der Waals surface area contributed by atoms with Gasteiger partial charge in [0.1, 0.15) is 17.7 Å². The molecule has 28 heavy (non-hydrogen) atoms. The number of hydrogen-bond donors (Lipinski definition) is 1. The molecule has 7 nitrogen and oxygen atoms in total. The molecule has 1 atom stereocenters. The highest BCUT2D eigenvalue weighted by Crippen LogP contribution is 2.20. The number of carbonyl (C=O) groups excluding carboxylic acids is 1. The molecule has 0 radical (unpaired) electrons. The van der Waals surface area contributed by atoms with Crippen LogP contribution in [0.3, 0.4) is 0 Å². The molecule has 2 aliphatic rings. The third-order valence-electron chi connectivity index (χ3n) is 5.21. The van der Waals surface area contributed by atoms with Gasteiger partial charge in [-0.1, -0.05) is 0 Å². The number of ether oxygens (including phenoxy) is 2. The first-order valence-corrected chi connectivity index (χ1v) is 9.95. The van der Waals surface area contributed by atoms with Crippen molar-refractivity contribution in [2.24, 2.45) is 0 Å². The first kappa shape index (κ1) is 18.7. The second-order valence-electron chi connectivity index (χ2n) is 7.25. The highest BCUT2D eigenvalue weighted by Gasteiger charge is 2.25. The minimum absolute atomic E-state index is 0.0259. The molecule has 148 valence electrons. The zero-order chi connectivity index (χ0) is 19.2. The average Bonchev–Trinajstić information content (AvgIpc) is 3.27. The maximum absolute atomic E-state index is 12.7. The van der Waals surface area contributed by atoms with E-state index in [1.807, 2.05) is 29.2 Å². The smallest absolute Gasteiger partial charge is 0.255 e. The van der Waals surface area contributed by atoms with Crippen LogP contribution in [0, 0.1) is 0 Å². The quantitative estimate of drug-likeness (QED) is 0.828. The molecule has 0 saturated carbocycles. The van der Waals surface area contributed by atoms with E-state index < -0.39 is 0 Å². The van der Waals surface area contributed by atoms with Crippen LogP contribution in [0.2, 0.25) is 0 Å². The van der Waals surface area contributed by atoms with Crippen LogP contribution in [-0.2, 0) is 4.74 Å². The molecule has 7 heteroatoms. The summed E-state index contributed by atoms with van der Waals surface area (Å²) in [4.78, 5) is 23.1. The molecule has 2 fully saturated rings. The third kappa shape index (κ3) is 4.78. The van der Waals surface area contributed by atoms with Crippen LogP contribution in [0.5, 0.6) is 5.75 Å². The predicted molar refractivity (Wildman–Crippen MR) is 105 cm³/mol. The Labute approximate surface area is 165 Å². The van der Waals surface area contributed by atoms with Gasteiger partial charge in [0.05, 0.1) is 17.9 Å². The summed E-state index contributed by atoms with van der Waals surface area (Å²) in [7, 11) is 0. The fourth-order valence-electron chi connectivity index (χ4n) is 3.62. The molecule has 1 N–H and O–H groups in total. The summed E-state index contributed by atoms with van der Waals surface area (Å²) < 4.78 is 11.5. The maximum atomic E-state index is 12.7. The van der Waals surface area contributed by atoms with Crippen molar-refractivity contribution in [2.45, 2.75) is 37.9 Å². The van der Waals surface area contributed by atoms with Crippen molar-refractivity contribution in [1.29, 1.82) is 0 Å². The summed E-state index contributed by atoms with van der Waals surface area (Å²) in [5, 5.41) is 3.28. The molecule has 0 spiro atoms. The molecular weight excluding hydrogens is 356 g/mol. The Bertz CT molecular complexity index is 755. The molecule has 2 aromatic rings. The first-order valence-electron chi connectivity index (χ1n) is 9.95. The van der Waals surface area contributed by atoms with Gasteiger partial charge < -0.3 is 19.7 Å². The molecule has 1 amide bonds. The first-order chi connectivity index (χ1) is 13.8. The van der Waals surface area contributed by atoms with Crippen molar-refractivity contribution in [1.82, 2.24) is 14.9 Å². The minimum Gasteiger partial charge on any atom is -0.489 e. The van der Waals surface area contributed by atoms with Gasteiger partial charge in [-0.2, -0.15) is 0 Å². The number of nitrogens with one attached hydrogen (secondary N) is 1. The van der Waals surface area contributed by atoms with Crippen LogP contribution < -0.4 is 10.1 Å². The van der Waals surface area contributed by atoms with E-state index in [0.29, 0.717) is 18.7 Å². The third-order valence-corrected chi connectivity index (χ3v) is 5.21. The number of hydrogen-bond acceptors (Lipinski definition) is 6. The molecule has 4 heterocycles. The lowest BCUT2D eigenvalue weighted by Crippen LogP contribution is -2.41. The van der Waals surface area contributed by atoms with E-state index >= 15 is 0 Å². The van der Waals surface area contributed by atoms with Gasteiger partial charge in [-0.05, 0) is 37.1 Å². The highest BCUT2D eigenvalue weighted by molar-refractivity contribution is 5.94. The number of anilines is 1. The van der Waals surface area contributed by atoms with Crippen LogP contribution in [0.25, 0.3) is 0 Å². The Kier molecular flexibility index (Phi) is 6.01. The Morgan fingerprint density at radius 3 is 2.79 bits per heavy atom. The van der Waals surface area contributed by atoms with Gasteiger partial charge in [0, 0.05) is 51.5 Å². The summed E-state index contributed by atoms with van der Waals surface area (Å²) in [6, 6.07) is 7.47. The van der Waals surface area contributed by atoms with E-state index in [2.05, 4.69) is 15.3 Å². The average molecular weight is 382 g/mol. The van der Waals surface area contributed by atoms with E-state index in [1.54, 1.807) is 18.6 Å². The van der Waals surface area contributed by atoms with Crippen LogP contribution in [0.15, 0.2) is 42.9 Å². The van der Waals surface area contributed by atoms with E-state index in [9.17, 15) is 4.79 Å². The Balaban J connectivity index is 1.25. The van der Waals surface area contributed by atoms with Crippen molar-refractivity contribution in [3.8, 4) is 5.75 Å². The second kappa shape index (κ2) is 9.01. The van der Waals surface area contributed by atoms with Crippen molar-refractivity contribution in [3.63, 3.8) is 0 Å². The predicted octanol–water partition coefficient (Wildman–Crippen LogP) is 2.75. The summed E-state index contributed by atoms with van der Waals surface area (Å²) in [6.07, 6.45) is 9.32. The van der Waals surface area contributed by atoms with Gasteiger partial charge in [-0.3, -0.25) is 9.78 Å². The molecular formula is C21H26N4O3. The fraction of sp³-hybridized carbons (Fsp3) is 0.476. The molecule has 0 aliphatic carbocycles. The van der Waals surface area contributed by atoms with Gasteiger partial charge in [0.15, 0.2) is 0 Å². The van der Waals surface area contributed by atoms with Gasteiger partial charge >= 0.3 is 0 Å². The zero-order valence-electron chi connectivity index (χ0n) is 15.9.